The van der Waals surface area contributed by atoms with Gasteiger partial charge in [0.05, 0.1) is 34.4 Å². The number of carbonyl (C=O) groups excluding carboxylic acids is 2. The Labute approximate surface area is 557 Å². The van der Waals surface area contributed by atoms with Crippen LogP contribution in [-0.4, -0.2) is 205 Å². The number of nitrogens with one attached hydrogen (secondary N) is 2. The maximum absolute atomic E-state index is 13.2. The van der Waals surface area contributed by atoms with Crippen LogP contribution in [0.1, 0.15) is 34.6 Å². The summed E-state index contributed by atoms with van der Waals surface area (Å²) in [4.78, 5) is 22.8. The van der Waals surface area contributed by atoms with Crippen molar-refractivity contribution in [1.82, 2.24) is 0 Å². The number of rotatable bonds is 17. The Bertz CT molecular complexity index is 4040. The number of azo groups is 2. The third-order valence-electron chi connectivity index (χ3n) is 11.3. The molecule has 0 heterocycles. The Morgan fingerprint density at radius 3 is 1.10 bits per heavy atom. The van der Waals surface area contributed by atoms with Crippen molar-refractivity contribution in [3.05, 3.63) is 145 Å². The van der Waals surface area contributed by atoms with E-state index in [4.69, 9.17) is 9.47 Å². The van der Waals surface area contributed by atoms with E-state index in [1.54, 1.807) is 50.2 Å². The first kappa shape index (κ1) is 69.8. The fourth-order valence-electron chi connectivity index (χ4n) is 7.87. The van der Waals surface area contributed by atoms with Gasteiger partial charge in [-0.15, -0.1) is 20.5 Å². The molecule has 8 rings (SSSR count). The van der Waals surface area contributed by atoms with Crippen LogP contribution in [0.3, 0.4) is 0 Å². The number of hydrogen-bond donors (Lipinski definition) is 8. The summed E-state index contributed by atoms with van der Waals surface area (Å²) >= 11 is 0. The molecule has 8 N–H and O–H groups in total. The van der Waals surface area contributed by atoms with Gasteiger partial charge in [0.2, 0.25) is 0 Å². The van der Waals surface area contributed by atoms with Crippen LogP contribution in [-0.2, 0) is 40.5 Å². The molecular weight excluding hydrogens is 1190 g/mol. The molecule has 0 atom stereocenters. The van der Waals surface area contributed by atoms with Gasteiger partial charge in [0.15, 0.2) is 11.5 Å². The number of hydrogen-bond acceptors (Lipinski definition) is 18. The van der Waals surface area contributed by atoms with Crippen LogP contribution < -0.4 is 20.1 Å². The first-order valence-electron chi connectivity index (χ1n) is 22.4. The van der Waals surface area contributed by atoms with Crippen LogP contribution >= 0.6 is 0 Å². The van der Waals surface area contributed by atoms with Gasteiger partial charge in [0.25, 0.3) is 52.3 Å². The SMILES string of the molecule is CCOc1cc(-c2ccc(N=Nc3c(S(=O)(=O)O)cc4cc(S(=O)(=O)O)cc(NC(=O)c5ccccc5)c4c3O)c(OCC)c2)ccc1N=Nc1c(S(=O)(=O)O)cc2cc(S(=O)(=O)O)cc(NC(=O)c3ccccc3)c2c1O.[Na].[Na].[Na].[Na]. The molecule has 4 radical (unpaired) electrons. The van der Waals surface area contributed by atoms with E-state index in [1.165, 1.54) is 60.7 Å². The van der Waals surface area contributed by atoms with E-state index >= 15 is 0 Å². The van der Waals surface area contributed by atoms with Crippen LogP contribution in [0.2, 0.25) is 0 Å². The van der Waals surface area contributed by atoms with Crippen molar-refractivity contribution in [2.24, 2.45) is 20.5 Å². The molecule has 0 spiro atoms. The molecule has 0 aromatic heterocycles. The summed E-state index contributed by atoms with van der Waals surface area (Å²) in [6.07, 6.45) is 0. The molecule has 0 aliphatic rings. The van der Waals surface area contributed by atoms with Crippen molar-refractivity contribution >= 4 is 226 Å². The predicted molar refractivity (Wildman–Crippen MR) is 305 cm³/mol. The molecule has 8 aromatic rings. The number of anilines is 2. The van der Waals surface area contributed by atoms with E-state index in [0.29, 0.717) is 11.1 Å². The molecular formula is C50H40N6Na4O18S4. The van der Waals surface area contributed by atoms with Gasteiger partial charge >= 0.3 is 0 Å². The Balaban J connectivity index is 0.00000361. The average molecular weight is 1230 g/mol. The Kier molecular flexibility index (Phi) is 24.2. The molecule has 0 saturated heterocycles. The summed E-state index contributed by atoms with van der Waals surface area (Å²) in [5.41, 5.74) is -1.57. The van der Waals surface area contributed by atoms with E-state index in [9.17, 15) is 71.7 Å². The summed E-state index contributed by atoms with van der Waals surface area (Å²) < 4.78 is 152. The predicted octanol–water partition coefficient (Wildman–Crippen LogP) is 8.67. The number of amides is 2. The summed E-state index contributed by atoms with van der Waals surface area (Å²) in [5, 5.41) is 43.0. The molecule has 0 aliphatic carbocycles. The second kappa shape index (κ2) is 28.4. The first-order chi connectivity index (χ1) is 36.8. The van der Waals surface area contributed by atoms with E-state index < -0.39 is 106 Å². The molecule has 0 fully saturated rings. The van der Waals surface area contributed by atoms with E-state index in [-0.39, 0.29) is 187 Å². The Morgan fingerprint density at radius 1 is 0.451 bits per heavy atom. The zero-order chi connectivity index (χ0) is 56.5. The van der Waals surface area contributed by atoms with Gasteiger partial charge in [-0.2, -0.15) is 33.7 Å². The van der Waals surface area contributed by atoms with Crippen molar-refractivity contribution in [3.63, 3.8) is 0 Å². The third-order valence-corrected chi connectivity index (χ3v) is 14.7. The number of fused-ring (bicyclic) bond motifs is 2. The molecule has 82 heavy (non-hydrogen) atoms. The average Bonchev–Trinajstić information content (AvgIpc) is 3.56. The van der Waals surface area contributed by atoms with Crippen molar-refractivity contribution in [1.29, 1.82) is 0 Å². The fourth-order valence-corrected chi connectivity index (χ4v) is 10.3. The van der Waals surface area contributed by atoms with E-state index in [1.807, 2.05) is 0 Å². The minimum Gasteiger partial charge on any atom is -0.505 e. The van der Waals surface area contributed by atoms with Gasteiger partial charge in [-0.05, 0) is 121 Å². The Morgan fingerprint density at radius 2 is 0.793 bits per heavy atom. The minimum absolute atomic E-state index is 0. The molecule has 0 aliphatic heterocycles. The van der Waals surface area contributed by atoms with Gasteiger partial charge in [0.1, 0.15) is 44.0 Å². The zero-order valence-corrected chi connectivity index (χ0v) is 55.4. The standard InChI is InChI=1S/C50H40N6O18S4.4Na/c1-3-73-39-21-29(15-17-35(39)53-55-45-41(77(67,68)69)23-31-19-33(75(61,62)63)25-37(43(31)47(45)57)51-49(59)27-11-7-5-8-12-27)30-16-18-36(40(22-30)74-4-2)54-56-46-42(78(70,71)72)24-32-20-34(76(64,65)66)26-38(44(32)48(46)58)52-50(60)28-13-9-6-10-14-28;;;;/h5-26,57-58H,3-4H2,1-2H3,(H,51,59)(H,52,60)(H,61,62,63)(H,64,65,66)(H,67,68,69)(H,70,71,72);;;;. The molecule has 0 bridgehead atoms. The molecule has 2 amide bonds. The molecule has 0 saturated carbocycles. The minimum atomic E-state index is -5.28. The van der Waals surface area contributed by atoms with E-state index in [2.05, 4.69) is 31.1 Å². The summed E-state index contributed by atoms with van der Waals surface area (Å²) in [6, 6.07) is 28.7. The number of carbonyl (C=O) groups is 2. The van der Waals surface area contributed by atoms with Crippen molar-refractivity contribution in [2.45, 2.75) is 33.4 Å². The Hall–Kier alpha value is -4.74. The van der Waals surface area contributed by atoms with Gasteiger partial charge in [-0.1, -0.05) is 48.5 Å². The monoisotopic (exact) mass is 1230 g/mol. The zero-order valence-electron chi connectivity index (χ0n) is 44.1. The quantitative estimate of drug-likeness (QED) is 0.0240. The number of benzene rings is 8. The molecule has 32 heteroatoms. The summed E-state index contributed by atoms with van der Waals surface area (Å²) in [6.45, 7) is 3.36. The number of phenolic OH excluding ortho intramolecular Hbond substituents is 2. The van der Waals surface area contributed by atoms with Crippen molar-refractivity contribution < 1.29 is 81.2 Å². The number of nitrogens with zero attached hydrogens (tertiary/aromatic N) is 4. The van der Waals surface area contributed by atoms with Gasteiger partial charge < -0.3 is 30.3 Å². The second-order valence-corrected chi connectivity index (χ2v) is 22.1. The molecule has 0 unspecified atom stereocenters. The van der Waals surface area contributed by atoms with Crippen molar-refractivity contribution in [2.75, 3.05) is 23.8 Å². The first-order valence-corrected chi connectivity index (χ1v) is 28.2. The topological polar surface area (TPSA) is 384 Å². The van der Waals surface area contributed by atoms with Crippen LogP contribution in [0.4, 0.5) is 34.1 Å². The molecule has 24 nitrogen and oxygen atoms in total. The number of phenols is 2. The maximum atomic E-state index is 13.2. The van der Waals surface area contributed by atoms with Crippen LogP contribution in [0.15, 0.2) is 173 Å². The van der Waals surface area contributed by atoms with E-state index in [0.717, 1.165) is 36.4 Å². The van der Waals surface area contributed by atoms with Crippen LogP contribution in [0.5, 0.6) is 23.0 Å². The summed E-state index contributed by atoms with van der Waals surface area (Å²) in [7, 11) is -20.5. The van der Waals surface area contributed by atoms with Gasteiger partial charge in [-0.25, -0.2) is 0 Å². The molecule has 406 valence electrons. The summed E-state index contributed by atoms with van der Waals surface area (Å²) in [5.74, 6) is -3.48. The van der Waals surface area contributed by atoms with Crippen molar-refractivity contribution in [3.8, 4) is 34.1 Å². The second-order valence-electron chi connectivity index (χ2n) is 16.5. The molecule has 8 aromatic carbocycles. The van der Waals surface area contributed by atoms with Crippen LogP contribution in [0.25, 0.3) is 32.7 Å². The maximum Gasteiger partial charge on any atom is 0.296 e. The van der Waals surface area contributed by atoms with Crippen LogP contribution in [0, 0.1) is 0 Å². The third kappa shape index (κ3) is 16.0. The number of ether oxygens (including phenoxy) is 2. The fraction of sp³-hybridized carbons (Fsp3) is 0.0800. The normalized spacial score (nSPS) is 11.7. The largest absolute Gasteiger partial charge is 0.505 e. The number of aromatic hydroxyl groups is 2. The van der Waals surface area contributed by atoms with Gasteiger partial charge in [-0.3, -0.25) is 27.8 Å². The van der Waals surface area contributed by atoms with Gasteiger partial charge in [0, 0.05) is 140 Å². The smallest absolute Gasteiger partial charge is 0.296 e.